The lowest BCUT2D eigenvalue weighted by atomic mass is 10.0. The second-order valence-electron chi connectivity index (χ2n) is 2.83. The van der Waals surface area contributed by atoms with Gasteiger partial charge in [0.25, 0.3) is 0 Å². The molecule has 1 nitrogen and oxygen atoms in total. The molecule has 1 aromatic rings. The van der Waals surface area contributed by atoms with E-state index in [0.717, 1.165) is 11.6 Å². The molecule has 1 aliphatic rings. The lowest BCUT2D eigenvalue weighted by Gasteiger charge is -2.17. The van der Waals surface area contributed by atoms with E-state index in [2.05, 4.69) is 11.4 Å². The van der Waals surface area contributed by atoms with Gasteiger partial charge in [-0.05, 0) is 30.5 Å². The van der Waals surface area contributed by atoms with E-state index in [9.17, 15) is 0 Å². The van der Waals surface area contributed by atoms with E-state index in [4.69, 9.17) is 11.6 Å². The van der Waals surface area contributed by atoms with Crippen molar-refractivity contribution in [3.8, 4) is 0 Å². The number of benzene rings is 1. The van der Waals surface area contributed by atoms with Crippen LogP contribution < -0.4 is 5.32 Å². The predicted octanol–water partition coefficient (Wildman–Crippen LogP) is 3.12. The van der Waals surface area contributed by atoms with Gasteiger partial charge in [0.05, 0.1) is 0 Å². The lowest BCUT2D eigenvalue weighted by Crippen LogP contribution is -2.11. The normalized spacial score (nSPS) is 14.1. The first kappa shape index (κ1) is 9.69. The first-order chi connectivity index (χ1) is 5.36. The van der Waals surface area contributed by atoms with Crippen LogP contribution in [0.4, 0.5) is 5.69 Å². The van der Waals surface area contributed by atoms with Crippen molar-refractivity contribution < 1.29 is 0 Å². The van der Waals surface area contributed by atoms with Crippen LogP contribution in [-0.4, -0.2) is 6.54 Å². The minimum atomic E-state index is 0. The van der Waals surface area contributed by atoms with Crippen LogP contribution in [0.15, 0.2) is 18.2 Å². The van der Waals surface area contributed by atoms with Crippen LogP contribution in [0, 0.1) is 0 Å². The van der Waals surface area contributed by atoms with Crippen molar-refractivity contribution in [3.63, 3.8) is 0 Å². The van der Waals surface area contributed by atoms with E-state index in [1.165, 1.54) is 24.1 Å². The molecule has 3 heteroatoms. The fraction of sp³-hybridized carbons (Fsp3) is 0.333. The van der Waals surface area contributed by atoms with Gasteiger partial charge in [0.2, 0.25) is 0 Å². The second kappa shape index (κ2) is 4.01. The summed E-state index contributed by atoms with van der Waals surface area (Å²) in [5, 5.41) is 4.14. The minimum absolute atomic E-state index is 0. The Morgan fingerprint density at radius 2 is 2.17 bits per heavy atom. The number of halogens is 2. The van der Waals surface area contributed by atoms with Gasteiger partial charge in [0.15, 0.2) is 0 Å². The second-order valence-corrected chi connectivity index (χ2v) is 3.27. The number of fused-ring (bicyclic) bond motifs is 1. The van der Waals surface area contributed by atoms with Crippen LogP contribution in [-0.2, 0) is 6.42 Å². The molecule has 0 unspecified atom stereocenters. The third kappa shape index (κ3) is 1.85. The number of hydrogen-bond donors (Lipinski definition) is 1. The maximum Gasteiger partial charge on any atom is 0.0426 e. The fourth-order valence-corrected chi connectivity index (χ4v) is 1.61. The number of hydrogen-bond acceptors (Lipinski definition) is 1. The Morgan fingerprint density at radius 3 is 3.00 bits per heavy atom. The van der Waals surface area contributed by atoms with Crippen molar-refractivity contribution in [2.24, 2.45) is 0 Å². The van der Waals surface area contributed by atoms with Gasteiger partial charge in [-0.2, -0.15) is 0 Å². The monoisotopic (exact) mass is 203 g/mol. The summed E-state index contributed by atoms with van der Waals surface area (Å²) >= 11 is 5.84. The Labute approximate surface area is 83.5 Å². The summed E-state index contributed by atoms with van der Waals surface area (Å²) < 4.78 is 0. The van der Waals surface area contributed by atoms with Crippen molar-refractivity contribution in [1.29, 1.82) is 0 Å². The SMILES string of the molecule is Cl.Clc1ccc2c(c1)NCCC2. The van der Waals surface area contributed by atoms with Crippen molar-refractivity contribution in [1.82, 2.24) is 0 Å². The van der Waals surface area contributed by atoms with Crippen molar-refractivity contribution in [3.05, 3.63) is 28.8 Å². The maximum atomic E-state index is 5.84. The maximum absolute atomic E-state index is 5.84. The van der Waals surface area contributed by atoms with Gasteiger partial charge in [0, 0.05) is 17.3 Å². The van der Waals surface area contributed by atoms with Crippen molar-refractivity contribution in [2.45, 2.75) is 12.8 Å². The quantitative estimate of drug-likeness (QED) is 0.684. The number of rotatable bonds is 0. The van der Waals surface area contributed by atoms with Crippen LogP contribution in [0.2, 0.25) is 5.02 Å². The first-order valence-electron chi connectivity index (χ1n) is 3.88. The van der Waals surface area contributed by atoms with Gasteiger partial charge in [0.1, 0.15) is 0 Å². The summed E-state index contributed by atoms with van der Waals surface area (Å²) in [6.07, 6.45) is 2.41. The summed E-state index contributed by atoms with van der Waals surface area (Å²) in [5.41, 5.74) is 2.60. The standard InChI is InChI=1S/C9H10ClN.ClH/c10-8-4-3-7-2-1-5-11-9(7)6-8;/h3-4,6,11H,1-2,5H2;1H. The molecule has 0 bridgehead atoms. The van der Waals surface area contributed by atoms with Gasteiger partial charge in [-0.25, -0.2) is 0 Å². The van der Waals surface area contributed by atoms with Gasteiger partial charge >= 0.3 is 0 Å². The smallest absolute Gasteiger partial charge is 0.0426 e. The number of aryl methyl sites for hydroxylation is 1. The predicted molar refractivity (Wildman–Crippen MR) is 55.5 cm³/mol. The zero-order chi connectivity index (χ0) is 7.68. The molecule has 0 radical (unpaired) electrons. The van der Waals surface area contributed by atoms with E-state index >= 15 is 0 Å². The molecule has 0 amide bonds. The summed E-state index contributed by atoms with van der Waals surface area (Å²) in [4.78, 5) is 0. The highest BCUT2D eigenvalue weighted by atomic mass is 35.5. The molecule has 0 atom stereocenters. The average Bonchev–Trinajstić information content (AvgIpc) is 2.04. The molecule has 1 aliphatic heterocycles. The molecule has 0 spiro atoms. The van der Waals surface area contributed by atoms with Crippen LogP contribution in [0.5, 0.6) is 0 Å². The van der Waals surface area contributed by atoms with Crippen LogP contribution in [0.25, 0.3) is 0 Å². The minimum Gasteiger partial charge on any atom is -0.385 e. The lowest BCUT2D eigenvalue weighted by molar-refractivity contribution is 0.830. The van der Waals surface area contributed by atoms with Crippen LogP contribution in [0.3, 0.4) is 0 Å². The molecular weight excluding hydrogens is 193 g/mol. The Hall–Kier alpha value is -0.400. The molecule has 0 saturated carbocycles. The zero-order valence-corrected chi connectivity index (χ0v) is 8.21. The van der Waals surface area contributed by atoms with Gasteiger partial charge in [-0.3, -0.25) is 0 Å². The fourth-order valence-electron chi connectivity index (χ4n) is 1.43. The molecule has 0 aromatic heterocycles. The summed E-state index contributed by atoms with van der Waals surface area (Å²) in [7, 11) is 0. The summed E-state index contributed by atoms with van der Waals surface area (Å²) in [6.45, 7) is 1.08. The molecule has 12 heavy (non-hydrogen) atoms. The van der Waals surface area contributed by atoms with Crippen molar-refractivity contribution >= 4 is 29.7 Å². The highest BCUT2D eigenvalue weighted by Gasteiger charge is 2.07. The van der Waals surface area contributed by atoms with Crippen LogP contribution >= 0.6 is 24.0 Å². The van der Waals surface area contributed by atoms with Gasteiger partial charge < -0.3 is 5.32 Å². The molecule has 1 aromatic carbocycles. The Bertz CT molecular complexity index is 273. The number of nitrogens with one attached hydrogen (secondary N) is 1. The number of anilines is 1. The highest BCUT2D eigenvalue weighted by Crippen LogP contribution is 2.24. The summed E-state index contributed by atoms with van der Waals surface area (Å²) in [6, 6.07) is 6.05. The molecule has 0 aliphatic carbocycles. The molecule has 0 fully saturated rings. The van der Waals surface area contributed by atoms with Gasteiger partial charge in [-0.1, -0.05) is 17.7 Å². The zero-order valence-electron chi connectivity index (χ0n) is 6.64. The average molecular weight is 204 g/mol. The Morgan fingerprint density at radius 1 is 1.33 bits per heavy atom. The third-order valence-electron chi connectivity index (χ3n) is 2.01. The Balaban J connectivity index is 0.000000720. The topological polar surface area (TPSA) is 12.0 Å². The van der Waals surface area contributed by atoms with E-state index in [1.807, 2.05) is 12.1 Å². The first-order valence-corrected chi connectivity index (χ1v) is 4.26. The Kier molecular flexibility index (Phi) is 3.24. The van der Waals surface area contributed by atoms with E-state index < -0.39 is 0 Å². The molecule has 1 N–H and O–H groups in total. The van der Waals surface area contributed by atoms with Crippen molar-refractivity contribution in [2.75, 3.05) is 11.9 Å². The van der Waals surface area contributed by atoms with E-state index in [0.29, 0.717) is 0 Å². The largest absolute Gasteiger partial charge is 0.385 e. The molecule has 2 rings (SSSR count). The molecular formula is C9H11Cl2N. The summed E-state index contributed by atoms with van der Waals surface area (Å²) in [5.74, 6) is 0. The van der Waals surface area contributed by atoms with E-state index in [-0.39, 0.29) is 12.4 Å². The highest BCUT2D eigenvalue weighted by molar-refractivity contribution is 6.30. The molecule has 0 saturated heterocycles. The molecule has 1 heterocycles. The van der Waals surface area contributed by atoms with E-state index in [1.54, 1.807) is 0 Å². The van der Waals surface area contributed by atoms with Crippen LogP contribution in [0.1, 0.15) is 12.0 Å². The van der Waals surface area contributed by atoms with Gasteiger partial charge in [-0.15, -0.1) is 12.4 Å². The molecule has 66 valence electrons. The third-order valence-corrected chi connectivity index (χ3v) is 2.25.